The van der Waals surface area contributed by atoms with Crippen LogP contribution in [-0.4, -0.2) is 23.3 Å². The minimum atomic E-state index is 0.918. The standard InChI is InChI=1S/C51H33N5/c1-4-14-35(15-5-1)53-33-32-42-44(53)30-28-39-40-29-31-47-48(41-20-10-12-22-45(41)54(47)36-16-6-2-7-17-36)50(40)56(49(39)42)38-26-24-34(25-27-38)51-52-43-21-11-13-23-46(43)55(51)37-18-8-3-9-19-37/h1-33H. The molecule has 5 heteroatoms. The third-order valence-electron chi connectivity index (χ3n) is 11.4. The lowest BCUT2D eigenvalue weighted by Crippen LogP contribution is -1.99. The molecule has 0 amide bonds. The second-order valence-corrected chi connectivity index (χ2v) is 14.4. The first-order valence-electron chi connectivity index (χ1n) is 19.1. The van der Waals surface area contributed by atoms with E-state index in [4.69, 9.17) is 4.98 Å². The average Bonchev–Trinajstić information content (AvgIpc) is 4.04. The smallest absolute Gasteiger partial charge is 0.145 e. The Balaban J connectivity index is 1.17. The van der Waals surface area contributed by atoms with Crippen LogP contribution in [0.25, 0.3) is 99.7 Å². The van der Waals surface area contributed by atoms with Crippen molar-refractivity contribution < 1.29 is 0 Å². The Morgan fingerprint density at radius 1 is 0.321 bits per heavy atom. The molecule has 8 aromatic carbocycles. The van der Waals surface area contributed by atoms with Gasteiger partial charge in [-0.2, -0.15) is 0 Å². The van der Waals surface area contributed by atoms with Gasteiger partial charge in [-0.3, -0.25) is 4.57 Å². The van der Waals surface area contributed by atoms with Gasteiger partial charge in [0.2, 0.25) is 0 Å². The molecule has 5 nitrogen and oxygen atoms in total. The summed E-state index contributed by atoms with van der Waals surface area (Å²) in [6.07, 6.45) is 2.20. The van der Waals surface area contributed by atoms with Gasteiger partial charge in [0, 0.05) is 61.4 Å². The molecule has 0 aliphatic heterocycles. The van der Waals surface area contributed by atoms with E-state index in [2.05, 4.69) is 219 Å². The molecule has 12 aromatic rings. The molecule has 12 rings (SSSR count). The fraction of sp³-hybridized carbons (Fsp3) is 0. The van der Waals surface area contributed by atoms with Gasteiger partial charge in [0.1, 0.15) is 5.82 Å². The summed E-state index contributed by atoms with van der Waals surface area (Å²) >= 11 is 0. The summed E-state index contributed by atoms with van der Waals surface area (Å²) in [4.78, 5) is 5.18. The number of aromatic nitrogens is 5. The van der Waals surface area contributed by atoms with E-state index >= 15 is 0 Å². The zero-order valence-corrected chi connectivity index (χ0v) is 30.3. The van der Waals surface area contributed by atoms with Gasteiger partial charge in [-0.1, -0.05) is 97.1 Å². The monoisotopic (exact) mass is 715 g/mol. The van der Waals surface area contributed by atoms with Gasteiger partial charge < -0.3 is 13.7 Å². The Morgan fingerprint density at radius 3 is 1.62 bits per heavy atom. The van der Waals surface area contributed by atoms with Crippen LogP contribution < -0.4 is 0 Å². The SMILES string of the molecule is c1ccc(-n2ccc3c2ccc2c4ccc5c(c6ccccc6n5-c5ccccc5)c4n(-c4ccc(-c5nc6ccccc6n5-c5ccccc5)cc4)c23)cc1. The van der Waals surface area contributed by atoms with Gasteiger partial charge in [-0.15, -0.1) is 0 Å². The van der Waals surface area contributed by atoms with E-state index in [0.29, 0.717) is 0 Å². The highest BCUT2D eigenvalue weighted by molar-refractivity contribution is 6.28. The maximum absolute atomic E-state index is 5.18. The second kappa shape index (κ2) is 11.9. The minimum absolute atomic E-state index is 0.918. The fourth-order valence-corrected chi connectivity index (χ4v) is 9.01. The molecule has 0 radical (unpaired) electrons. The topological polar surface area (TPSA) is 32.6 Å². The summed E-state index contributed by atoms with van der Waals surface area (Å²) in [5, 5.41) is 6.13. The summed E-state index contributed by atoms with van der Waals surface area (Å²) < 4.78 is 9.48. The molecule has 0 saturated carbocycles. The van der Waals surface area contributed by atoms with Crippen molar-refractivity contribution in [3.63, 3.8) is 0 Å². The molecule has 4 aromatic heterocycles. The molecule has 0 bridgehead atoms. The average molecular weight is 716 g/mol. The first kappa shape index (κ1) is 30.8. The van der Waals surface area contributed by atoms with E-state index in [-0.39, 0.29) is 0 Å². The molecular weight excluding hydrogens is 683 g/mol. The Hall–Kier alpha value is -7.63. The third kappa shape index (κ3) is 4.39. The number of hydrogen-bond donors (Lipinski definition) is 0. The van der Waals surface area contributed by atoms with E-state index in [1.54, 1.807) is 0 Å². The Bertz CT molecular complexity index is 3440. The van der Waals surface area contributed by atoms with E-state index in [9.17, 15) is 0 Å². The normalized spacial score (nSPS) is 11.9. The van der Waals surface area contributed by atoms with Crippen LogP contribution in [0.4, 0.5) is 0 Å². The molecule has 0 unspecified atom stereocenters. The van der Waals surface area contributed by atoms with E-state index in [0.717, 1.165) is 45.2 Å². The molecule has 0 saturated heterocycles. The highest BCUT2D eigenvalue weighted by atomic mass is 15.1. The fourth-order valence-electron chi connectivity index (χ4n) is 9.01. The van der Waals surface area contributed by atoms with Crippen molar-refractivity contribution in [2.24, 2.45) is 0 Å². The molecule has 4 heterocycles. The first-order valence-corrected chi connectivity index (χ1v) is 19.1. The van der Waals surface area contributed by atoms with E-state index in [1.807, 2.05) is 0 Å². The van der Waals surface area contributed by atoms with Gasteiger partial charge in [0.25, 0.3) is 0 Å². The molecule has 0 spiro atoms. The molecule has 0 fully saturated rings. The predicted octanol–water partition coefficient (Wildman–Crippen LogP) is 12.8. The van der Waals surface area contributed by atoms with Crippen molar-refractivity contribution in [3.8, 4) is 34.1 Å². The molecule has 0 atom stereocenters. The number of benzene rings is 8. The van der Waals surface area contributed by atoms with Gasteiger partial charge in [0.05, 0.1) is 38.6 Å². The quantitative estimate of drug-likeness (QED) is 0.175. The summed E-state index contributed by atoms with van der Waals surface area (Å²) in [6, 6.07) is 69.6. The molecule has 56 heavy (non-hydrogen) atoms. The highest BCUT2D eigenvalue weighted by Crippen LogP contribution is 2.44. The molecule has 0 N–H and O–H groups in total. The van der Waals surface area contributed by atoms with Gasteiger partial charge in [0.15, 0.2) is 0 Å². The molecule has 262 valence electrons. The van der Waals surface area contributed by atoms with Crippen LogP contribution in [0.3, 0.4) is 0 Å². The largest absolute Gasteiger partial charge is 0.316 e. The Kier molecular flexibility index (Phi) is 6.56. The Labute approximate surface area is 322 Å². The number of para-hydroxylation sites is 6. The van der Waals surface area contributed by atoms with Crippen molar-refractivity contribution in [1.29, 1.82) is 0 Å². The maximum atomic E-state index is 5.18. The number of rotatable bonds is 5. The zero-order valence-electron chi connectivity index (χ0n) is 30.3. The molecular formula is C51H33N5. The van der Waals surface area contributed by atoms with Crippen molar-refractivity contribution in [2.45, 2.75) is 0 Å². The van der Waals surface area contributed by atoms with Gasteiger partial charge in [-0.05, 0) is 97.1 Å². The third-order valence-corrected chi connectivity index (χ3v) is 11.4. The number of fused-ring (bicyclic) bond motifs is 10. The number of imidazole rings is 1. The van der Waals surface area contributed by atoms with Gasteiger partial charge in [-0.25, -0.2) is 4.98 Å². The van der Waals surface area contributed by atoms with Crippen molar-refractivity contribution >= 4 is 65.5 Å². The minimum Gasteiger partial charge on any atom is -0.316 e. The van der Waals surface area contributed by atoms with Crippen molar-refractivity contribution in [2.75, 3.05) is 0 Å². The summed E-state index contributed by atoms with van der Waals surface area (Å²) in [7, 11) is 0. The van der Waals surface area contributed by atoms with Crippen LogP contribution in [-0.2, 0) is 0 Å². The van der Waals surface area contributed by atoms with Crippen molar-refractivity contribution in [3.05, 3.63) is 200 Å². The summed E-state index contributed by atoms with van der Waals surface area (Å²) in [5.74, 6) is 0.918. The van der Waals surface area contributed by atoms with Crippen molar-refractivity contribution in [1.82, 2.24) is 23.3 Å². The second-order valence-electron chi connectivity index (χ2n) is 14.4. The lowest BCUT2D eigenvalue weighted by atomic mass is 10.1. The van der Waals surface area contributed by atoms with Crippen LogP contribution >= 0.6 is 0 Å². The van der Waals surface area contributed by atoms with E-state index in [1.165, 1.54) is 54.5 Å². The zero-order chi connectivity index (χ0) is 36.7. The van der Waals surface area contributed by atoms with Crippen LogP contribution in [0.15, 0.2) is 200 Å². The lowest BCUT2D eigenvalue weighted by Gasteiger charge is -2.13. The van der Waals surface area contributed by atoms with Crippen LogP contribution in [0.1, 0.15) is 0 Å². The van der Waals surface area contributed by atoms with Crippen LogP contribution in [0.2, 0.25) is 0 Å². The van der Waals surface area contributed by atoms with E-state index < -0.39 is 0 Å². The number of hydrogen-bond acceptors (Lipinski definition) is 1. The summed E-state index contributed by atoms with van der Waals surface area (Å²) in [6.45, 7) is 0. The van der Waals surface area contributed by atoms with Gasteiger partial charge >= 0.3 is 0 Å². The van der Waals surface area contributed by atoms with Crippen LogP contribution in [0.5, 0.6) is 0 Å². The Morgan fingerprint density at radius 2 is 0.893 bits per heavy atom. The first-order chi connectivity index (χ1) is 27.8. The lowest BCUT2D eigenvalue weighted by molar-refractivity contribution is 1.10. The maximum Gasteiger partial charge on any atom is 0.145 e. The predicted molar refractivity (Wildman–Crippen MR) is 232 cm³/mol. The molecule has 0 aliphatic rings. The highest BCUT2D eigenvalue weighted by Gasteiger charge is 2.23. The summed E-state index contributed by atoms with van der Waals surface area (Å²) in [5.41, 5.74) is 13.5. The van der Waals surface area contributed by atoms with Crippen LogP contribution in [0, 0.1) is 0 Å². The number of nitrogens with zero attached hydrogens (tertiary/aromatic N) is 5. The molecule has 0 aliphatic carbocycles.